The summed E-state index contributed by atoms with van der Waals surface area (Å²) in [6.07, 6.45) is 0. The fourth-order valence-corrected chi connectivity index (χ4v) is 1.62. The molecule has 0 fully saturated rings. The molecule has 1 aromatic rings. The molecule has 0 aromatic heterocycles. The molecule has 0 aliphatic carbocycles. The van der Waals surface area contributed by atoms with Crippen molar-refractivity contribution in [2.45, 2.75) is 18.9 Å². The summed E-state index contributed by atoms with van der Waals surface area (Å²) >= 11 is 0. The highest BCUT2D eigenvalue weighted by molar-refractivity contribution is 5.40. The van der Waals surface area contributed by atoms with Gasteiger partial charge in [-0.05, 0) is 13.0 Å². The maximum Gasteiger partial charge on any atom is 0.122 e. The van der Waals surface area contributed by atoms with Crippen molar-refractivity contribution in [1.29, 1.82) is 0 Å². The Kier molecular flexibility index (Phi) is 1.77. The smallest absolute Gasteiger partial charge is 0.122 e. The van der Waals surface area contributed by atoms with Gasteiger partial charge in [-0.2, -0.15) is 0 Å². The van der Waals surface area contributed by atoms with Gasteiger partial charge in [-0.25, -0.2) is 0 Å². The largest absolute Gasteiger partial charge is 0.493 e. The third kappa shape index (κ3) is 1.08. The molecule has 1 heterocycles. The van der Waals surface area contributed by atoms with Gasteiger partial charge >= 0.3 is 0 Å². The Hall–Kier alpha value is -1.02. The zero-order valence-electron chi connectivity index (χ0n) is 7.16. The summed E-state index contributed by atoms with van der Waals surface area (Å²) in [6.45, 7) is 2.76. The second kappa shape index (κ2) is 2.79. The number of benzene rings is 1. The van der Waals surface area contributed by atoms with E-state index < -0.39 is 0 Å². The average molecular weight is 163 g/mol. The van der Waals surface area contributed by atoms with Crippen LogP contribution in [-0.2, 0) is 0 Å². The van der Waals surface area contributed by atoms with E-state index in [1.54, 1.807) is 0 Å². The van der Waals surface area contributed by atoms with E-state index in [-0.39, 0.29) is 6.04 Å². The molecule has 2 N–H and O–H groups in total. The van der Waals surface area contributed by atoms with Crippen LogP contribution in [0.1, 0.15) is 18.4 Å². The zero-order valence-corrected chi connectivity index (χ0v) is 7.16. The molecule has 0 bridgehead atoms. The molecule has 0 saturated carbocycles. The Labute approximate surface area is 72.3 Å². The lowest BCUT2D eigenvalue weighted by Crippen LogP contribution is -2.25. The molecule has 2 heteroatoms. The Balaban J connectivity index is 2.36. The van der Waals surface area contributed by atoms with E-state index in [0.717, 1.165) is 12.4 Å². The van der Waals surface area contributed by atoms with Crippen LogP contribution in [0.2, 0.25) is 0 Å². The van der Waals surface area contributed by atoms with Gasteiger partial charge in [0.25, 0.3) is 0 Å². The number of hydrogen-bond acceptors (Lipinski definition) is 2. The highest BCUT2D eigenvalue weighted by atomic mass is 16.5. The van der Waals surface area contributed by atoms with E-state index >= 15 is 0 Å². The SMILES string of the molecule is C[C@H](N)[C@@H]1COc2ccccc21. The fourth-order valence-electron chi connectivity index (χ4n) is 1.62. The van der Waals surface area contributed by atoms with E-state index in [9.17, 15) is 0 Å². The number of fused-ring (bicyclic) bond motifs is 1. The summed E-state index contributed by atoms with van der Waals surface area (Å²) in [7, 11) is 0. The Morgan fingerprint density at radius 2 is 2.25 bits per heavy atom. The van der Waals surface area contributed by atoms with Gasteiger partial charge in [0.2, 0.25) is 0 Å². The van der Waals surface area contributed by atoms with Crippen molar-refractivity contribution in [3.05, 3.63) is 29.8 Å². The minimum Gasteiger partial charge on any atom is -0.493 e. The van der Waals surface area contributed by atoms with Gasteiger partial charge in [-0.3, -0.25) is 0 Å². The summed E-state index contributed by atoms with van der Waals surface area (Å²) in [4.78, 5) is 0. The van der Waals surface area contributed by atoms with E-state index in [4.69, 9.17) is 10.5 Å². The van der Waals surface area contributed by atoms with Crippen LogP contribution in [0.3, 0.4) is 0 Å². The molecule has 2 nitrogen and oxygen atoms in total. The highest BCUT2D eigenvalue weighted by Gasteiger charge is 2.26. The summed E-state index contributed by atoms with van der Waals surface area (Å²) in [5.74, 6) is 1.38. The Bertz CT molecular complexity index is 283. The number of ether oxygens (including phenoxy) is 1. The van der Waals surface area contributed by atoms with Crippen LogP contribution in [0.5, 0.6) is 5.75 Å². The fraction of sp³-hybridized carbons (Fsp3) is 0.400. The van der Waals surface area contributed by atoms with Crippen LogP contribution in [0.4, 0.5) is 0 Å². The zero-order chi connectivity index (χ0) is 8.55. The molecule has 12 heavy (non-hydrogen) atoms. The maximum atomic E-state index is 5.83. The molecule has 2 atom stereocenters. The lowest BCUT2D eigenvalue weighted by atomic mass is 9.95. The molecule has 0 spiro atoms. The minimum absolute atomic E-state index is 0.175. The maximum absolute atomic E-state index is 5.83. The van der Waals surface area contributed by atoms with Crippen LogP contribution < -0.4 is 10.5 Å². The van der Waals surface area contributed by atoms with Crippen molar-refractivity contribution in [2.75, 3.05) is 6.61 Å². The number of para-hydroxylation sites is 1. The quantitative estimate of drug-likeness (QED) is 0.681. The molecule has 1 aromatic carbocycles. The van der Waals surface area contributed by atoms with Gasteiger partial charge < -0.3 is 10.5 Å². The van der Waals surface area contributed by atoms with Crippen LogP contribution >= 0.6 is 0 Å². The molecule has 0 radical (unpaired) electrons. The molecule has 2 rings (SSSR count). The van der Waals surface area contributed by atoms with Crippen LogP contribution in [0, 0.1) is 0 Å². The van der Waals surface area contributed by atoms with Gasteiger partial charge in [-0.15, -0.1) is 0 Å². The second-order valence-electron chi connectivity index (χ2n) is 3.31. The molecule has 1 aliphatic rings. The Morgan fingerprint density at radius 1 is 1.50 bits per heavy atom. The van der Waals surface area contributed by atoms with Crippen molar-refractivity contribution in [3.8, 4) is 5.75 Å². The standard InChI is InChI=1S/C10H13NO/c1-7(11)9-6-12-10-5-3-2-4-8(9)10/h2-5,7,9H,6,11H2,1H3/t7-,9-/m0/s1. The topological polar surface area (TPSA) is 35.2 Å². The van der Waals surface area contributed by atoms with Crippen molar-refractivity contribution in [2.24, 2.45) is 5.73 Å². The predicted molar refractivity (Wildman–Crippen MR) is 48.3 cm³/mol. The lowest BCUT2D eigenvalue weighted by molar-refractivity contribution is 0.318. The average Bonchev–Trinajstić information content (AvgIpc) is 2.47. The van der Waals surface area contributed by atoms with Gasteiger partial charge in [-0.1, -0.05) is 18.2 Å². The van der Waals surface area contributed by atoms with Gasteiger partial charge in [0.05, 0.1) is 6.61 Å². The molecular weight excluding hydrogens is 150 g/mol. The monoisotopic (exact) mass is 163 g/mol. The first kappa shape index (κ1) is 7.62. The first-order chi connectivity index (χ1) is 5.79. The molecule has 0 amide bonds. The number of hydrogen-bond donors (Lipinski definition) is 1. The van der Waals surface area contributed by atoms with E-state index in [2.05, 4.69) is 6.07 Å². The van der Waals surface area contributed by atoms with Crippen LogP contribution in [0.25, 0.3) is 0 Å². The van der Waals surface area contributed by atoms with Crippen molar-refractivity contribution in [3.63, 3.8) is 0 Å². The molecule has 64 valence electrons. The second-order valence-corrected chi connectivity index (χ2v) is 3.31. The Morgan fingerprint density at radius 3 is 3.00 bits per heavy atom. The van der Waals surface area contributed by atoms with E-state index in [1.807, 2.05) is 25.1 Å². The molecule has 0 unspecified atom stereocenters. The first-order valence-corrected chi connectivity index (χ1v) is 4.26. The van der Waals surface area contributed by atoms with Gasteiger partial charge in [0.1, 0.15) is 5.75 Å². The number of nitrogens with two attached hydrogens (primary N) is 1. The van der Waals surface area contributed by atoms with E-state index in [0.29, 0.717) is 5.92 Å². The van der Waals surface area contributed by atoms with Crippen molar-refractivity contribution < 1.29 is 4.74 Å². The minimum atomic E-state index is 0.175. The first-order valence-electron chi connectivity index (χ1n) is 4.26. The summed E-state index contributed by atoms with van der Waals surface area (Å²) in [5.41, 5.74) is 7.09. The highest BCUT2D eigenvalue weighted by Crippen LogP contribution is 2.34. The molecular formula is C10H13NO. The summed E-state index contributed by atoms with van der Waals surface area (Å²) in [5, 5.41) is 0. The number of rotatable bonds is 1. The normalized spacial score (nSPS) is 23.0. The van der Waals surface area contributed by atoms with Crippen LogP contribution in [0.15, 0.2) is 24.3 Å². The third-order valence-corrected chi connectivity index (χ3v) is 2.37. The van der Waals surface area contributed by atoms with Gasteiger partial charge in [0, 0.05) is 17.5 Å². The predicted octanol–water partition coefficient (Wildman–Crippen LogP) is 1.51. The lowest BCUT2D eigenvalue weighted by Gasteiger charge is -2.11. The van der Waals surface area contributed by atoms with Gasteiger partial charge in [0.15, 0.2) is 0 Å². The van der Waals surface area contributed by atoms with Crippen molar-refractivity contribution >= 4 is 0 Å². The van der Waals surface area contributed by atoms with Crippen molar-refractivity contribution in [1.82, 2.24) is 0 Å². The third-order valence-electron chi connectivity index (χ3n) is 2.37. The summed E-state index contributed by atoms with van der Waals surface area (Å²) < 4.78 is 5.49. The van der Waals surface area contributed by atoms with Crippen LogP contribution in [-0.4, -0.2) is 12.6 Å². The molecule has 0 saturated heterocycles. The van der Waals surface area contributed by atoms with E-state index in [1.165, 1.54) is 5.56 Å². The summed E-state index contributed by atoms with van der Waals surface area (Å²) in [6, 6.07) is 8.29. The molecule has 1 aliphatic heterocycles.